The fourth-order valence-corrected chi connectivity index (χ4v) is 3.42. The third-order valence-electron chi connectivity index (χ3n) is 3.76. The van der Waals surface area contributed by atoms with Gasteiger partial charge in [-0.05, 0) is 19.8 Å². The third kappa shape index (κ3) is 19.4. The zero-order valence-corrected chi connectivity index (χ0v) is 19.1. The van der Waals surface area contributed by atoms with Crippen molar-refractivity contribution in [1.82, 2.24) is 0 Å². The fraction of sp³-hybridized carbons (Fsp3) is 1.00. The molecule has 0 heterocycles. The topological polar surface area (TPSA) is 54.0 Å². The Morgan fingerprint density at radius 1 is 0.640 bits per heavy atom. The van der Waals surface area contributed by atoms with E-state index >= 15 is 0 Å². The summed E-state index contributed by atoms with van der Waals surface area (Å²) in [4.78, 5) is 4.81. The van der Waals surface area contributed by atoms with E-state index in [1.807, 2.05) is 0 Å². The molecule has 0 aromatic rings. The summed E-state index contributed by atoms with van der Waals surface area (Å²) >= 11 is 0. The molecule has 0 rings (SSSR count). The molecular formula is C18H39O5PTi. The van der Waals surface area contributed by atoms with E-state index in [1.54, 1.807) is 6.92 Å². The van der Waals surface area contributed by atoms with Crippen LogP contribution >= 0.6 is 7.82 Å². The molecule has 0 aliphatic heterocycles. The standard InChI is InChI=1S/C18H39O5P.Ti/c1-4-7-9-11-13-15-17-21-24(19,23-20-6-3)22-18-16-14-12-10-8-5-2;/h4-18H2,1-3H3;. The minimum absolute atomic E-state index is 0. The van der Waals surface area contributed by atoms with E-state index in [0.717, 1.165) is 25.7 Å². The van der Waals surface area contributed by atoms with Crippen LogP contribution in [-0.4, -0.2) is 19.8 Å². The van der Waals surface area contributed by atoms with Crippen molar-refractivity contribution in [3.63, 3.8) is 0 Å². The number of phosphoric acid groups is 1. The molecule has 0 aliphatic carbocycles. The maximum atomic E-state index is 12.5. The van der Waals surface area contributed by atoms with E-state index < -0.39 is 7.82 Å². The van der Waals surface area contributed by atoms with Crippen LogP contribution in [0.15, 0.2) is 0 Å². The summed E-state index contributed by atoms with van der Waals surface area (Å²) in [5.74, 6) is 0. The van der Waals surface area contributed by atoms with Gasteiger partial charge >= 0.3 is 7.82 Å². The van der Waals surface area contributed by atoms with Crippen LogP contribution in [0.1, 0.15) is 97.8 Å². The van der Waals surface area contributed by atoms with E-state index in [9.17, 15) is 4.57 Å². The molecule has 0 aromatic carbocycles. The molecule has 0 amide bonds. The van der Waals surface area contributed by atoms with Gasteiger partial charge in [-0.2, -0.15) is 0 Å². The molecule has 0 bridgehead atoms. The van der Waals surface area contributed by atoms with E-state index in [1.165, 1.54) is 51.4 Å². The number of rotatable bonds is 19. The van der Waals surface area contributed by atoms with Gasteiger partial charge in [0, 0.05) is 21.7 Å². The number of unbranched alkanes of at least 4 members (excludes halogenated alkanes) is 10. The summed E-state index contributed by atoms with van der Waals surface area (Å²) in [5.41, 5.74) is 0. The van der Waals surface area contributed by atoms with Crippen LogP contribution in [0.2, 0.25) is 0 Å². The molecule has 0 aromatic heterocycles. The van der Waals surface area contributed by atoms with Gasteiger partial charge in [0.1, 0.15) is 0 Å². The van der Waals surface area contributed by atoms with Crippen molar-refractivity contribution in [3.8, 4) is 0 Å². The fourth-order valence-electron chi connectivity index (χ4n) is 2.32. The summed E-state index contributed by atoms with van der Waals surface area (Å²) in [5, 5.41) is 0. The van der Waals surface area contributed by atoms with E-state index in [-0.39, 0.29) is 21.7 Å². The molecule has 0 aliphatic rings. The van der Waals surface area contributed by atoms with Crippen molar-refractivity contribution in [2.24, 2.45) is 0 Å². The first-order valence-corrected chi connectivity index (χ1v) is 11.3. The summed E-state index contributed by atoms with van der Waals surface area (Å²) < 4.78 is 28.1. The van der Waals surface area contributed by atoms with Crippen molar-refractivity contribution in [3.05, 3.63) is 0 Å². The normalized spacial score (nSPS) is 11.5. The number of hydrogen-bond acceptors (Lipinski definition) is 5. The first-order chi connectivity index (χ1) is 11.7. The van der Waals surface area contributed by atoms with Gasteiger partial charge in [0.2, 0.25) is 0 Å². The van der Waals surface area contributed by atoms with Gasteiger partial charge in [0.25, 0.3) is 0 Å². The van der Waals surface area contributed by atoms with Crippen LogP contribution < -0.4 is 0 Å². The molecule has 0 atom stereocenters. The minimum Gasteiger partial charge on any atom is -0.285 e. The summed E-state index contributed by atoms with van der Waals surface area (Å²) in [6.45, 7) is 7.24. The minimum atomic E-state index is -3.58. The van der Waals surface area contributed by atoms with Gasteiger partial charge in [-0.3, -0.25) is 9.05 Å². The van der Waals surface area contributed by atoms with Crippen LogP contribution in [0.3, 0.4) is 0 Å². The van der Waals surface area contributed by atoms with Gasteiger partial charge in [-0.1, -0.05) is 78.1 Å². The van der Waals surface area contributed by atoms with Gasteiger partial charge in [0.05, 0.1) is 19.8 Å². The van der Waals surface area contributed by atoms with Crippen molar-refractivity contribution in [1.29, 1.82) is 0 Å². The molecule has 0 fully saturated rings. The molecule has 0 saturated carbocycles. The Morgan fingerprint density at radius 2 is 1.04 bits per heavy atom. The summed E-state index contributed by atoms with van der Waals surface area (Å²) in [7, 11) is -3.58. The van der Waals surface area contributed by atoms with Crippen LogP contribution in [0.5, 0.6) is 0 Å². The van der Waals surface area contributed by atoms with Gasteiger partial charge < -0.3 is 0 Å². The second-order valence-corrected chi connectivity index (χ2v) is 7.69. The molecule has 0 N–H and O–H groups in total. The zero-order chi connectivity index (χ0) is 17.9. The van der Waals surface area contributed by atoms with Crippen LogP contribution in [0.4, 0.5) is 0 Å². The van der Waals surface area contributed by atoms with Gasteiger partial charge in [0.15, 0.2) is 0 Å². The summed E-state index contributed by atoms with van der Waals surface area (Å²) in [6.07, 6.45) is 13.8. The Hall–Kier alpha value is 0.784. The molecule has 0 unspecified atom stereocenters. The molecule has 0 saturated heterocycles. The first-order valence-electron chi connectivity index (χ1n) is 9.88. The molecule has 150 valence electrons. The predicted octanol–water partition coefficient (Wildman–Crippen LogP) is 6.81. The maximum Gasteiger partial charge on any atom is 0.502 e. The van der Waals surface area contributed by atoms with E-state index in [4.69, 9.17) is 18.6 Å². The molecular weight excluding hydrogens is 375 g/mol. The monoisotopic (exact) mass is 414 g/mol. The number of phosphoric ester groups is 1. The Kier molecular flexibility index (Phi) is 23.6. The molecule has 5 nitrogen and oxygen atoms in total. The molecule has 7 heteroatoms. The average molecular weight is 414 g/mol. The van der Waals surface area contributed by atoms with E-state index in [0.29, 0.717) is 19.8 Å². The number of hydrogen-bond donors (Lipinski definition) is 0. The van der Waals surface area contributed by atoms with Crippen molar-refractivity contribution in [2.45, 2.75) is 97.8 Å². The average Bonchev–Trinajstić information content (AvgIpc) is 2.58. The van der Waals surface area contributed by atoms with Crippen LogP contribution in [0.25, 0.3) is 0 Å². The Morgan fingerprint density at radius 3 is 1.44 bits per heavy atom. The summed E-state index contributed by atoms with van der Waals surface area (Å²) in [6, 6.07) is 0. The zero-order valence-electron chi connectivity index (χ0n) is 16.6. The predicted molar refractivity (Wildman–Crippen MR) is 99.0 cm³/mol. The maximum absolute atomic E-state index is 12.5. The molecule has 0 radical (unpaired) electrons. The first kappa shape index (κ1) is 28.0. The third-order valence-corrected chi connectivity index (χ3v) is 5.04. The second-order valence-electron chi connectivity index (χ2n) is 6.13. The van der Waals surface area contributed by atoms with Crippen LogP contribution in [0, 0.1) is 0 Å². The van der Waals surface area contributed by atoms with E-state index in [2.05, 4.69) is 13.8 Å². The molecule has 0 spiro atoms. The Balaban J connectivity index is 0. The SMILES string of the molecule is CCCCCCCCOP(=O)(OCCCCCCCC)OOCC.[Ti]. The molecule has 25 heavy (non-hydrogen) atoms. The Labute approximate surface area is 170 Å². The van der Waals surface area contributed by atoms with Crippen LogP contribution in [-0.2, 0) is 44.9 Å². The largest absolute Gasteiger partial charge is 0.502 e. The van der Waals surface area contributed by atoms with Crippen molar-refractivity contribution < 1.29 is 44.9 Å². The Bertz CT molecular complexity index is 283. The smallest absolute Gasteiger partial charge is 0.285 e. The van der Waals surface area contributed by atoms with Crippen molar-refractivity contribution >= 4 is 7.82 Å². The van der Waals surface area contributed by atoms with Gasteiger partial charge in [-0.15, -0.1) is 4.67 Å². The van der Waals surface area contributed by atoms with Gasteiger partial charge in [-0.25, -0.2) is 9.45 Å². The quantitative estimate of drug-likeness (QED) is 0.0764. The van der Waals surface area contributed by atoms with Crippen molar-refractivity contribution in [2.75, 3.05) is 19.8 Å². The second kappa shape index (κ2) is 21.1.